The van der Waals surface area contributed by atoms with Crippen LogP contribution in [-0.4, -0.2) is 54.1 Å². The smallest absolute Gasteiger partial charge is 0.248 e. The lowest BCUT2D eigenvalue weighted by Gasteiger charge is -2.32. The molecule has 3 aromatic rings. The molecule has 1 atom stereocenters. The van der Waals surface area contributed by atoms with Crippen molar-refractivity contribution in [1.29, 1.82) is 0 Å². The number of aromatic nitrogens is 2. The molecule has 1 aliphatic heterocycles. The Hall–Kier alpha value is -3.31. The highest BCUT2D eigenvalue weighted by Crippen LogP contribution is 2.35. The summed E-state index contributed by atoms with van der Waals surface area (Å²) in [7, 11) is 2.98. The Bertz CT molecular complexity index is 1260. The van der Waals surface area contributed by atoms with Crippen LogP contribution in [0.4, 0.5) is 21.6 Å². The van der Waals surface area contributed by atoms with Gasteiger partial charge in [-0.15, -0.1) is 0 Å². The number of amides is 1. The molecule has 11 heteroatoms. The van der Waals surface area contributed by atoms with Gasteiger partial charge in [0.2, 0.25) is 5.91 Å². The maximum absolute atomic E-state index is 13.6. The van der Waals surface area contributed by atoms with Crippen molar-refractivity contribution in [1.82, 2.24) is 9.97 Å². The molecule has 1 aromatic heterocycles. The largest absolute Gasteiger partial charge is 0.633 e. The van der Waals surface area contributed by atoms with Gasteiger partial charge in [-0.05, 0) is 36.8 Å². The molecule has 0 unspecified atom stereocenters. The van der Waals surface area contributed by atoms with E-state index in [1.165, 1.54) is 50.8 Å². The summed E-state index contributed by atoms with van der Waals surface area (Å²) in [4.78, 5) is 21.2. The highest BCUT2D eigenvalue weighted by molar-refractivity contribution is 6.31. The molecular formula is C24H25ClFN5O4. The monoisotopic (exact) mass is 501 g/mol. The standard InChI is InChI=1S/C24H25ClFN5O4/c1-31(2,33)9-3-5-22(32)30-20-12-16-19(13-21(20)35-23-6-4-10-34-23)27-14-28-24(16)29-15-7-8-18(26)17(25)11-15/h3,5,7-8,11-14,23H,4,6,9-10H2,1-2H3,(H,30,32)(H,27,28,29)/b5-3+/t23-/m0/s1. The fourth-order valence-electron chi connectivity index (χ4n) is 3.46. The van der Waals surface area contributed by atoms with E-state index in [9.17, 15) is 14.4 Å². The highest BCUT2D eigenvalue weighted by atomic mass is 35.5. The highest BCUT2D eigenvalue weighted by Gasteiger charge is 2.20. The van der Waals surface area contributed by atoms with Crippen molar-refractivity contribution in [3.8, 4) is 5.75 Å². The number of likely N-dealkylation sites (N-methyl/N-ethyl adjacent to an activating group) is 1. The van der Waals surface area contributed by atoms with Crippen LogP contribution in [0.25, 0.3) is 10.9 Å². The van der Waals surface area contributed by atoms with Gasteiger partial charge in [0.1, 0.15) is 23.7 Å². The molecule has 184 valence electrons. The number of quaternary nitrogens is 1. The second-order valence-corrected chi connectivity index (χ2v) is 8.96. The average Bonchev–Trinajstić information content (AvgIpc) is 3.29. The third kappa shape index (κ3) is 6.64. The molecule has 1 aliphatic rings. The molecule has 0 bridgehead atoms. The quantitative estimate of drug-likeness (QED) is 0.260. The predicted molar refractivity (Wildman–Crippen MR) is 132 cm³/mol. The number of halogens is 2. The molecule has 2 N–H and O–H groups in total. The van der Waals surface area contributed by atoms with Gasteiger partial charge in [0.25, 0.3) is 0 Å². The number of hydrogen-bond acceptors (Lipinski definition) is 7. The number of ether oxygens (including phenoxy) is 2. The Kier molecular flexibility index (Phi) is 7.46. The number of hydroxylamine groups is 3. The minimum atomic E-state index is -0.549. The summed E-state index contributed by atoms with van der Waals surface area (Å²) in [6.07, 6.45) is 5.37. The molecule has 0 spiro atoms. The molecule has 0 radical (unpaired) electrons. The molecule has 2 heterocycles. The second-order valence-electron chi connectivity index (χ2n) is 8.55. The van der Waals surface area contributed by atoms with Crippen molar-refractivity contribution in [2.75, 3.05) is 37.9 Å². The number of nitrogens with zero attached hydrogens (tertiary/aromatic N) is 3. The lowest BCUT2D eigenvalue weighted by Crippen LogP contribution is -2.32. The number of nitrogens with one attached hydrogen (secondary N) is 2. The van der Waals surface area contributed by atoms with E-state index >= 15 is 0 Å². The fourth-order valence-corrected chi connectivity index (χ4v) is 3.64. The first-order valence-corrected chi connectivity index (χ1v) is 11.4. The van der Waals surface area contributed by atoms with Crippen LogP contribution in [0.15, 0.2) is 48.8 Å². The van der Waals surface area contributed by atoms with Crippen LogP contribution in [-0.2, 0) is 9.53 Å². The van der Waals surface area contributed by atoms with E-state index in [1.54, 1.807) is 12.1 Å². The third-order valence-electron chi connectivity index (χ3n) is 5.14. The van der Waals surface area contributed by atoms with E-state index < -0.39 is 22.7 Å². The first-order valence-electron chi connectivity index (χ1n) is 11.0. The number of carbonyl (C=O) groups excluding carboxylic acids is 1. The zero-order chi connectivity index (χ0) is 25.0. The number of fused-ring (bicyclic) bond motifs is 1. The van der Waals surface area contributed by atoms with Gasteiger partial charge in [-0.3, -0.25) is 4.79 Å². The van der Waals surface area contributed by atoms with Crippen molar-refractivity contribution in [2.45, 2.75) is 19.1 Å². The molecule has 0 saturated carbocycles. The van der Waals surface area contributed by atoms with E-state index in [0.717, 1.165) is 12.8 Å². The Morgan fingerprint density at radius 3 is 2.89 bits per heavy atom. The van der Waals surface area contributed by atoms with E-state index in [0.29, 0.717) is 40.5 Å². The average molecular weight is 502 g/mol. The SMILES string of the molecule is C[N+](C)([O-])C/C=C/C(=O)Nc1cc2c(Nc3ccc(F)c(Cl)c3)ncnc2cc1O[C@H]1CCCO1. The summed E-state index contributed by atoms with van der Waals surface area (Å²) in [5, 5.41) is 18.2. The minimum absolute atomic E-state index is 0.0276. The van der Waals surface area contributed by atoms with Crippen molar-refractivity contribution >= 4 is 45.6 Å². The van der Waals surface area contributed by atoms with Crippen LogP contribution in [0.5, 0.6) is 5.75 Å². The third-order valence-corrected chi connectivity index (χ3v) is 5.43. The topological polar surface area (TPSA) is 108 Å². The molecule has 1 amide bonds. The summed E-state index contributed by atoms with van der Waals surface area (Å²) in [6.45, 7) is 0.745. The van der Waals surface area contributed by atoms with Crippen LogP contribution < -0.4 is 15.4 Å². The van der Waals surface area contributed by atoms with Crippen LogP contribution in [0.1, 0.15) is 12.8 Å². The number of hydrogen-bond donors (Lipinski definition) is 2. The zero-order valence-electron chi connectivity index (χ0n) is 19.3. The molecule has 0 aliphatic carbocycles. The fraction of sp³-hybridized carbons (Fsp3) is 0.292. The van der Waals surface area contributed by atoms with Gasteiger partial charge >= 0.3 is 0 Å². The number of carbonyl (C=O) groups is 1. The summed E-state index contributed by atoms with van der Waals surface area (Å²) < 4.78 is 24.6. The number of benzene rings is 2. The van der Waals surface area contributed by atoms with Crippen LogP contribution in [0.2, 0.25) is 5.02 Å². The van der Waals surface area contributed by atoms with Gasteiger partial charge in [0.15, 0.2) is 6.29 Å². The Labute approximate surface area is 206 Å². The molecule has 9 nitrogen and oxygen atoms in total. The van der Waals surface area contributed by atoms with Gasteiger partial charge < -0.3 is 30.0 Å². The van der Waals surface area contributed by atoms with Gasteiger partial charge in [0.05, 0.1) is 43.5 Å². The van der Waals surface area contributed by atoms with E-state index in [4.69, 9.17) is 21.1 Å². The van der Waals surface area contributed by atoms with Crippen LogP contribution in [0, 0.1) is 11.0 Å². The van der Waals surface area contributed by atoms with E-state index in [2.05, 4.69) is 20.6 Å². The molecule has 1 fully saturated rings. The summed E-state index contributed by atoms with van der Waals surface area (Å²) >= 11 is 5.90. The summed E-state index contributed by atoms with van der Waals surface area (Å²) in [5.41, 5.74) is 1.47. The Balaban J connectivity index is 1.67. The second kappa shape index (κ2) is 10.5. The van der Waals surface area contributed by atoms with Crippen molar-refractivity contribution in [2.24, 2.45) is 0 Å². The van der Waals surface area contributed by atoms with Gasteiger partial charge in [0, 0.05) is 29.6 Å². The molecule has 1 saturated heterocycles. The zero-order valence-corrected chi connectivity index (χ0v) is 20.0. The van der Waals surface area contributed by atoms with Gasteiger partial charge in [-0.25, -0.2) is 14.4 Å². The first-order chi connectivity index (χ1) is 16.7. The number of anilines is 3. The van der Waals surface area contributed by atoms with Gasteiger partial charge in [-0.2, -0.15) is 0 Å². The van der Waals surface area contributed by atoms with E-state index in [-0.39, 0.29) is 11.6 Å². The molecule has 4 rings (SSSR count). The Morgan fingerprint density at radius 1 is 1.34 bits per heavy atom. The predicted octanol–water partition coefficient (Wildman–Crippen LogP) is 4.75. The molecule has 2 aromatic carbocycles. The first kappa shape index (κ1) is 24.8. The van der Waals surface area contributed by atoms with Crippen LogP contribution in [0.3, 0.4) is 0 Å². The number of rotatable bonds is 8. The summed E-state index contributed by atoms with van der Waals surface area (Å²) in [5.74, 6) is -0.136. The Morgan fingerprint density at radius 2 is 2.17 bits per heavy atom. The molecule has 35 heavy (non-hydrogen) atoms. The van der Waals surface area contributed by atoms with Crippen molar-refractivity contribution in [3.05, 3.63) is 64.9 Å². The van der Waals surface area contributed by atoms with Crippen LogP contribution >= 0.6 is 11.6 Å². The normalized spacial score (nSPS) is 16.1. The van der Waals surface area contributed by atoms with Crippen molar-refractivity contribution < 1.29 is 23.3 Å². The lowest BCUT2D eigenvalue weighted by molar-refractivity contribution is -0.833. The van der Waals surface area contributed by atoms with Crippen molar-refractivity contribution in [3.63, 3.8) is 0 Å². The maximum atomic E-state index is 13.6. The summed E-state index contributed by atoms with van der Waals surface area (Å²) in [6, 6.07) is 7.61. The van der Waals surface area contributed by atoms with Gasteiger partial charge in [-0.1, -0.05) is 11.6 Å². The maximum Gasteiger partial charge on any atom is 0.248 e. The molecular weight excluding hydrogens is 477 g/mol. The van der Waals surface area contributed by atoms with E-state index in [1.807, 2.05) is 0 Å². The lowest BCUT2D eigenvalue weighted by atomic mass is 10.1. The minimum Gasteiger partial charge on any atom is -0.633 e.